The van der Waals surface area contributed by atoms with Gasteiger partial charge in [-0.2, -0.15) is 12.9 Å². The Labute approximate surface area is 391 Å². The van der Waals surface area contributed by atoms with Gasteiger partial charge in [0.1, 0.15) is 0 Å². The maximum Gasteiger partial charge on any atom is 0.289 e. The van der Waals surface area contributed by atoms with Gasteiger partial charge >= 0.3 is 0 Å². The standard InChI is InChI=1S/C43H46F2N8O12S3/c44-43(45)22-9-25-48(66(60,61)40-15-4-1-12-37(40)51(54)55)29-27-47(28-30-49(26-10-23-43)67(62,63)41-16-5-2-13-38(41)52(56)57)31-34-18-20-35(21-19-34)32-50(33-36-11-7-8-24-46-36)68(64,65)42-17-6-3-14-39(42)53(58)59/h1-8,11-21,24H,9-10,22-23,25-33H2. The van der Waals surface area contributed by atoms with E-state index in [4.69, 9.17) is 0 Å². The Morgan fingerprint density at radius 2 is 0.971 bits per heavy atom. The monoisotopic (exact) mass is 1000 g/mol. The Balaban J connectivity index is 1.34. The van der Waals surface area contributed by atoms with E-state index in [-0.39, 0.29) is 58.7 Å². The molecule has 1 saturated heterocycles. The molecule has 0 atom stereocenters. The first-order valence-electron chi connectivity index (χ1n) is 21.0. The zero-order chi connectivity index (χ0) is 49.3. The van der Waals surface area contributed by atoms with Gasteiger partial charge < -0.3 is 0 Å². The molecule has 0 aliphatic carbocycles. The summed E-state index contributed by atoms with van der Waals surface area (Å²) in [5, 5.41) is 35.7. The summed E-state index contributed by atoms with van der Waals surface area (Å²) in [7, 11) is -13.9. The molecule has 0 N–H and O–H groups in total. The number of nitrogens with zero attached hydrogens (tertiary/aromatic N) is 8. The lowest BCUT2D eigenvalue weighted by Gasteiger charge is -2.31. The van der Waals surface area contributed by atoms with Crippen molar-refractivity contribution in [3.8, 4) is 0 Å². The molecule has 0 bridgehead atoms. The summed E-state index contributed by atoms with van der Waals surface area (Å²) in [6.07, 6.45) is -0.856. The van der Waals surface area contributed by atoms with Crippen molar-refractivity contribution in [3.63, 3.8) is 0 Å². The maximum absolute atomic E-state index is 15.3. The van der Waals surface area contributed by atoms with Gasteiger partial charge in [0.05, 0.1) is 27.0 Å². The predicted molar refractivity (Wildman–Crippen MR) is 243 cm³/mol. The van der Waals surface area contributed by atoms with Gasteiger partial charge in [0.15, 0.2) is 14.7 Å². The molecule has 0 radical (unpaired) electrons. The minimum atomic E-state index is -4.68. The zero-order valence-corrected chi connectivity index (χ0v) is 38.6. The first-order valence-corrected chi connectivity index (χ1v) is 25.3. The molecule has 362 valence electrons. The van der Waals surface area contributed by atoms with Crippen molar-refractivity contribution >= 4 is 47.1 Å². The summed E-state index contributed by atoms with van der Waals surface area (Å²) >= 11 is 0. The van der Waals surface area contributed by atoms with E-state index >= 15 is 8.78 Å². The van der Waals surface area contributed by atoms with Crippen LogP contribution in [-0.2, 0) is 49.7 Å². The van der Waals surface area contributed by atoms with E-state index in [0.29, 0.717) is 16.8 Å². The molecule has 0 unspecified atom stereocenters. The fourth-order valence-electron chi connectivity index (χ4n) is 7.64. The highest BCUT2D eigenvalue weighted by Gasteiger charge is 2.37. The van der Waals surface area contributed by atoms with Gasteiger partial charge in [-0.15, -0.1) is 0 Å². The number of hydrogen-bond acceptors (Lipinski definition) is 14. The van der Waals surface area contributed by atoms with Crippen LogP contribution in [0.15, 0.2) is 136 Å². The Bertz CT molecular complexity index is 2850. The van der Waals surface area contributed by atoms with E-state index < -0.39 is 108 Å². The Morgan fingerprint density at radius 1 is 0.544 bits per heavy atom. The van der Waals surface area contributed by atoms with E-state index in [9.17, 15) is 55.6 Å². The topological polar surface area (TPSA) is 258 Å². The average Bonchev–Trinajstić information content (AvgIpc) is 3.31. The lowest BCUT2D eigenvalue weighted by Crippen LogP contribution is -2.43. The molecular weight excluding hydrogens is 955 g/mol. The molecule has 1 aromatic heterocycles. The number of pyridine rings is 1. The first-order chi connectivity index (χ1) is 32.2. The number of para-hydroxylation sites is 3. The van der Waals surface area contributed by atoms with Crippen molar-refractivity contribution in [2.24, 2.45) is 0 Å². The minimum Gasteiger partial charge on any atom is -0.296 e. The molecule has 5 aromatic rings. The molecule has 1 aliphatic rings. The number of nitro benzene ring substituents is 3. The Hall–Kier alpha value is -6.22. The van der Waals surface area contributed by atoms with E-state index in [1.165, 1.54) is 42.6 Å². The highest BCUT2D eigenvalue weighted by atomic mass is 32.2. The van der Waals surface area contributed by atoms with Gasteiger partial charge in [-0.25, -0.2) is 34.0 Å². The lowest BCUT2D eigenvalue weighted by molar-refractivity contribution is -0.388. The van der Waals surface area contributed by atoms with E-state index in [2.05, 4.69) is 4.98 Å². The minimum absolute atomic E-state index is 0.00323. The summed E-state index contributed by atoms with van der Waals surface area (Å²) in [5.41, 5.74) is -0.693. The quantitative estimate of drug-likeness (QED) is 0.0792. The van der Waals surface area contributed by atoms with Gasteiger partial charge in [0.2, 0.25) is 26.0 Å². The summed E-state index contributed by atoms with van der Waals surface area (Å²) in [6, 6.07) is 25.6. The number of halogens is 2. The van der Waals surface area contributed by atoms with Crippen LogP contribution in [0.3, 0.4) is 0 Å². The lowest BCUT2D eigenvalue weighted by atomic mass is 10.1. The number of aromatic nitrogens is 1. The summed E-state index contributed by atoms with van der Waals surface area (Å²) in [6.45, 7) is -2.48. The second-order valence-electron chi connectivity index (χ2n) is 15.7. The molecule has 2 heterocycles. The van der Waals surface area contributed by atoms with Gasteiger partial charge in [-0.3, -0.25) is 40.2 Å². The normalized spacial score (nSPS) is 16.5. The third-order valence-electron chi connectivity index (χ3n) is 11.1. The van der Waals surface area contributed by atoms with Crippen molar-refractivity contribution in [2.45, 2.75) is 65.9 Å². The van der Waals surface area contributed by atoms with Crippen LogP contribution in [0.4, 0.5) is 25.8 Å². The Morgan fingerprint density at radius 3 is 1.43 bits per heavy atom. The van der Waals surface area contributed by atoms with Crippen LogP contribution >= 0.6 is 0 Å². The third-order valence-corrected chi connectivity index (χ3v) is 16.9. The van der Waals surface area contributed by atoms with Crippen LogP contribution in [0, 0.1) is 30.3 Å². The van der Waals surface area contributed by atoms with E-state index in [0.717, 1.165) is 49.3 Å². The largest absolute Gasteiger partial charge is 0.296 e. The highest BCUT2D eigenvalue weighted by Crippen LogP contribution is 2.33. The van der Waals surface area contributed by atoms with Crippen molar-refractivity contribution < 1.29 is 48.8 Å². The van der Waals surface area contributed by atoms with Gasteiger partial charge in [-0.05, 0) is 54.3 Å². The number of alkyl halides is 2. The van der Waals surface area contributed by atoms with Crippen molar-refractivity contribution in [2.75, 3.05) is 39.3 Å². The maximum atomic E-state index is 15.3. The van der Waals surface area contributed by atoms with Crippen LogP contribution in [0.1, 0.15) is 42.5 Å². The van der Waals surface area contributed by atoms with Crippen LogP contribution in [0.25, 0.3) is 0 Å². The van der Waals surface area contributed by atoms with E-state index in [1.54, 1.807) is 47.4 Å². The molecule has 1 aliphatic heterocycles. The van der Waals surface area contributed by atoms with Crippen molar-refractivity contribution in [1.82, 2.24) is 22.8 Å². The van der Waals surface area contributed by atoms with Crippen LogP contribution < -0.4 is 0 Å². The van der Waals surface area contributed by atoms with E-state index in [1.807, 2.05) is 0 Å². The molecule has 20 nitrogen and oxygen atoms in total. The number of rotatable bonds is 15. The SMILES string of the molecule is O=[N+]([O-])c1ccccc1S(=O)(=O)N1CCCC(F)(F)CCCN(S(=O)(=O)c2ccccc2[N+](=O)[O-])CCN(Cc2ccc(CN(Cc3ccccn3)S(=O)(=O)c3ccccc3[N+](=O)[O-])cc2)CC1. The second-order valence-corrected chi connectivity index (χ2v) is 21.5. The average molecular weight is 1000 g/mol. The molecule has 4 aromatic carbocycles. The molecular formula is C43H46F2N8O12S3. The molecule has 0 spiro atoms. The summed E-state index contributed by atoms with van der Waals surface area (Å²) in [5.74, 6) is -3.37. The third kappa shape index (κ3) is 12.5. The molecule has 0 amide bonds. The van der Waals surface area contributed by atoms with Crippen molar-refractivity contribution in [3.05, 3.63) is 169 Å². The fraction of sp³-hybridized carbons (Fsp3) is 0.326. The predicted octanol–water partition coefficient (Wildman–Crippen LogP) is 6.59. The number of hydrogen-bond donors (Lipinski definition) is 0. The molecule has 6 rings (SSSR count). The highest BCUT2D eigenvalue weighted by molar-refractivity contribution is 7.89. The zero-order valence-electron chi connectivity index (χ0n) is 36.2. The Kier molecular flexibility index (Phi) is 16.4. The number of benzene rings is 4. The van der Waals surface area contributed by atoms with Crippen LogP contribution in [0.5, 0.6) is 0 Å². The second kappa shape index (κ2) is 21.8. The molecule has 68 heavy (non-hydrogen) atoms. The van der Waals surface area contributed by atoms with Crippen molar-refractivity contribution in [1.29, 1.82) is 0 Å². The first kappa shape index (κ1) is 51.2. The molecule has 0 saturated carbocycles. The summed E-state index contributed by atoms with van der Waals surface area (Å²) in [4.78, 5) is 37.3. The number of sulfonamides is 3. The molecule has 25 heteroatoms. The van der Waals surface area contributed by atoms with Crippen LogP contribution in [0.2, 0.25) is 0 Å². The van der Waals surface area contributed by atoms with Gasteiger partial charge in [0.25, 0.3) is 27.1 Å². The number of nitro groups is 3. The van der Waals surface area contributed by atoms with Gasteiger partial charge in [-0.1, -0.05) is 66.7 Å². The molecule has 1 fully saturated rings. The smallest absolute Gasteiger partial charge is 0.289 e. The van der Waals surface area contributed by atoms with Crippen LogP contribution in [-0.4, -0.2) is 108 Å². The fourth-order valence-corrected chi connectivity index (χ4v) is 12.4. The summed E-state index contributed by atoms with van der Waals surface area (Å²) < 4.78 is 118. The van der Waals surface area contributed by atoms with Gasteiger partial charge in [0, 0.05) is 89.6 Å².